The van der Waals surface area contributed by atoms with E-state index in [2.05, 4.69) is 16.0 Å². The molecule has 0 bridgehead atoms. The zero-order chi connectivity index (χ0) is 21.7. The molecule has 5 rings (SSSR count). The molecule has 1 aliphatic rings. The van der Waals surface area contributed by atoms with Gasteiger partial charge in [-0.15, -0.1) is 0 Å². The predicted octanol–water partition coefficient (Wildman–Crippen LogP) is 3.71. The van der Waals surface area contributed by atoms with Gasteiger partial charge in [0.25, 0.3) is 5.56 Å². The number of carboxylic acid groups (broad SMARTS) is 1. The van der Waals surface area contributed by atoms with Crippen LogP contribution in [0.2, 0.25) is 0 Å². The molecule has 0 unspecified atom stereocenters. The highest BCUT2D eigenvalue weighted by Gasteiger charge is 2.25. The fraction of sp³-hybridized carbons (Fsp3) is 0.304. The third-order valence-electron chi connectivity index (χ3n) is 6.08. The molecule has 1 amide bonds. The van der Waals surface area contributed by atoms with Gasteiger partial charge in [-0.2, -0.15) is 0 Å². The largest absolute Gasteiger partial charge is 0.465 e. The number of amides is 1. The zero-order valence-electron chi connectivity index (χ0n) is 17.4. The number of aromatic nitrogens is 4. The standard InChI is InChI=1S/C23H23N5O3/c1-13-9-17(16-3-4-19-24-14(2)11-28(19)12-16)10-18-20(13)25-21(26-22(18)29)15-5-7-27(8-6-15)23(30)31/h3-4,9-12,15H,5-8H2,1-2H3,(H,30,31)(H,25,26,29). The smallest absolute Gasteiger partial charge is 0.407 e. The molecule has 31 heavy (non-hydrogen) atoms. The first-order chi connectivity index (χ1) is 14.9. The molecule has 8 nitrogen and oxygen atoms in total. The van der Waals surface area contributed by atoms with Gasteiger partial charge in [0.05, 0.1) is 16.6 Å². The van der Waals surface area contributed by atoms with E-state index < -0.39 is 6.09 Å². The van der Waals surface area contributed by atoms with Crippen molar-refractivity contribution in [3.63, 3.8) is 0 Å². The number of imidazole rings is 1. The Balaban J connectivity index is 1.53. The van der Waals surface area contributed by atoms with Gasteiger partial charge in [-0.3, -0.25) is 4.79 Å². The molecule has 0 atom stereocenters. The first kappa shape index (κ1) is 19.3. The van der Waals surface area contributed by atoms with Gasteiger partial charge in [0, 0.05) is 31.4 Å². The average molecular weight is 417 g/mol. The van der Waals surface area contributed by atoms with Crippen LogP contribution < -0.4 is 5.56 Å². The lowest BCUT2D eigenvalue weighted by atomic mass is 9.95. The quantitative estimate of drug-likeness (QED) is 0.517. The zero-order valence-corrected chi connectivity index (χ0v) is 17.4. The SMILES string of the molecule is Cc1cn2cc(-c3cc(C)c4nc(C5CCN(C(=O)O)CC5)[nH]c(=O)c4c3)ccc2n1. The second kappa shape index (κ2) is 7.23. The summed E-state index contributed by atoms with van der Waals surface area (Å²) in [6.07, 6.45) is 4.40. The molecule has 0 saturated carbocycles. The van der Waals surface area contributed by atoms with Gasteiger partial charge in [-0.25, -0.2) is 14.8 Å². The number of H-pyrrole nitrogens is 1. The molecule has 2 N–H and O–H groups in total. The van der Waals surface area contributed by atoms with Crippen molar-refractivity contribution in [2.75, 3.05) is 13.1 Å². The fourth-order valence-electron chi connectivity index (χ4n) is 4.43. The van der Waals surface area contributed by atoms with Crippen molar-refractivity contribution >= 4 is 22.6 Å². The number of aromatic amines is 1. The summed E-state index contributed by atoms with van der Waals surface area (Å²) in [7, 11) is 0. The summed E-state index contributed by atoms with van der Waals surface area (Å²) in [5, 5.41) is 9.70. The number of hydrogen-bond donors (Lipinski definition) is 2. The Bertz CT molecular complexity index is 1380. The first-order valence-electron chi connectivity index (χ1n) is 10.4. The van der Waals surface area contributed by atoms with Crippen LogP contribution >= 0.6 is 0 Å². The maximum Gasteiger partial charge on any atom is 0.407 e. The molecule has 0 spiro atoms. The number of likely N-dealkylation sites (tertiary alicyclic amines) is 1. The van der Waals surface area contributed by atoms with Crippen molar-refractivity contribution in [2.24, 2.45) is 0 Å². The number of piperidine rings is 1. The highest BCUT2D eigenvalue weighted by molar-refractivity contribution is 5.86. The number of carbonyl (C=O) groups is 1. The normalized spacial score (nSPS) is 15.1. The maximum absolute atomic E-state index is 13.0. The summed E-state index contributed by atoms with van der Waals surface area (Å²) in [6.45, 7) is 4.84. The lowest BCUT2D eigenvalue weighted by Gasteiger charge is -2.29. The van der Waals surface area contributed by atoms with E-state index in [4.69, 9.17) is 10.1 Å². The molecule has 8 heteroatoms. The van der Waals surface area contributed by atoms with Crippen LogP contribution in [0.5, 0.6) is 0 Å². The number of nitrogens with one attached hydrogen (secondary N) is 1. The predicted molar refractivity (Wildman–Crippen MR) is 118 cm³/mol. The van der Waals surface area contributed by atoms with E-state index in [9.17, 15) is 9.59 Å². The lowest BCUT2D eigenvalue weighted by Crippen LogP contribution is -2.37. The van der Waals surface area contributed by atoms with E-state index in [1.165, 1.54) is 4.90 Å². The Hall–Kier alpha value is -3.68. The highest BCUT2D eigenvalue weighted by atomic mass is 16.4. The van der Waals surface area contributed by atoms with Crippen LogP contribution in [-0.2, 0) is 0 Å². The van der Waals surface area contributed by atoms with Gasteiger partial charge < -0.3 is 19.4 Å². The van der Waals surface area contributed by atoms with Crippen LogP contribution in [0.15, 0.2) is 41.5 Å². The van der Waals surface area contributed by atoms with Gasteiger partial charge in [-0.05, 0) is 67.6 Å². The monoisotopic (exact) mass is 417 g/mol. The number of pyridine rings is 1. The Morgan fingerprint density at radius 3 is 2.61 bits per heavy atom. The molecule has 1 aromatic carbocycles. The average Bonchev–Trinajstić information content (AvgIpc) is 3.13. The summed E-state index contributed by atoms with van der Waals surface area (Å²) in [4.78, 5) is 37.7. The Morgan fingerprint density at radius 1 is 1.10 bits per heavy atom. The summed E-state index contributed by atoms with van der Waals surface area (Å²) in [6, 6.07) is 7.91. The molecule has 4 aromatic rings. The number of benzene rings is 1. The lowest BCUT2D eigenvalue weighted by molar-refractivity contribution is 0.131. The number of fused-ring (bicyclic) bond motifs is 2. The van der Waals surface area contributed by atoms with Crippen molar-refractivity contribution in [3.05, 3.63) is 64.1 Å². The van der Waals surface area contributed by atoms with Crippen molar-refractivity contribution in [1.29, 1.82) is 0 Å². The highest BCUT2D eigenvalue weighted by Crippen LogP contribution is 2.29. The van der Waals surface area contributed by atoms with Crippen LogP contribution in [-0.4, -0.2) is 48.5 Å². The number of hydrogen-bond acceptors (Lipinski definition) is 4. The molecule has 3 aromatic heterocycles. The van der Waals surface area contributed by atoms with Crippen molar-refractivity contribution in [3.8, 4) is 11.1 Å². The minimum atomic E-state index is -0.897. The second-order valence-corrected chi connectivity index (χ2v) is 8.25. The third kappa shape index (κ3) is 3.43. The summed E-state index contributed by atoms with van der Waals surface area (Å²) < 4.78 is 1.99. The van der Waals surface area contributed by atoms with Gasteiger partial charge >= 0.3 is 6.09 Å². The van der Waals surface area contributed by atoms with Gasteiger partial charge in [0.15, 0.2) is 0 Å². The van der Waals surface area contributed by atoms with Gasteiger partial charge in [-0.1, -0.05) is 0 Å². The molecule has 1 saturated heterocycles. The molecular formula is C23H23N5O3. The Morgan fingerprint density at radius 2 is 1.87 bits per heavy atom. The second-order valence-electron chi connectivity index (χ2n) is 8.25. The van der Waals surface area contributed by atoms with E-state index in [1.54, 1.807) is 0 Å². The minimum Gasteiger partial charge on any atom is -0.465 e. The molecule has 0 radical (unpaired) electrons. The van der Waals surface area contributed by atoms with Gasteiger partial charge in [0.2, 0.25) is 0 Å². The van der Waals surface area contributed by atoms with Crippen molar-refractivity contribution in [2.45, 2.75) is 32.6 Å². The maximum atomic E-state index is 13.0. The minimum absolute atomic E-state index is 0.0543. The first-order valence-corrected chi connectivity index (χ1v) is 10.4. The van der Waals surface area contributed by atoms with Crippen LogP contribution in [0.4, 0.5) is 4.79 Å². The fourth-order valence-corrected chi connectivity index (χ4v) is 4.43. The van der Waals surface area contributed by atoms with E-state index in [0.717, 1.165) is 28.0 Å². The Kier molecular flexibility index (Phi) is 4.50. The Labute approximate surface area is 178 Å². The van der Waals surface area contributed by atoms with E-state index in [1.807, 2.05) is 48.8 Å². The molecule has 4 heterocycles. The molecule has 1 aliphatic heterocycles. The number of rotatable bonds is 2. The van der Waals surface area contributed by atoms with Crippen molar-refractivity contribution in [1.82, 2.24) is 24.3 Å². The van der Waals surface area contributed by atoms with Crippen LogP contribution in [0.1, 0.15) is 35.8 Å². The van der Waals surface area contributed by atoms with Gasteiger partial charge in [0.1, 0.15) is 11.5 Å². The number of nitrogens with zero attached hydrogens (tertiary/aromatic N) is 4. The van der Waals surface area contributed by atoms with E-state index in [-0.39, 0.29) is 11.5 Å². The molecule has 0 aliphatic carbocycles. The summed E-state index contributed by atoms with van der Waals surface area (Å²) >= 11 is 0. The van der Waals surface area contributed by atoms with Crippen LogP contribution in [0, 0.1) is 13.8 Å². The summed E-state index contributed by atoms with van der Waals surface area (Å²) in [5.41, 5.74) is 5.26. The van der Waals surface area contributed by atoms with Crippen LogP contribution in [0.25, 0.3) is 27.7 Å². The van der Waals surface area contributed by atoms with Crippen LogP contribution in [0.3, 0.4) is 0 Å². The molecule has 158 valence electrons. The number of aryl methyl sites for hydroxylation is 2. The van der Waals surface area contributed by atoms with Crippen molar-refractivity contribution < 1.29 is 9.90 Å². The topological polar surface area (TPSA) is 104 Å². The molecule has 1 fully saturated rings. The third-order valence-corrected chi connectivity index (χ3v) is 6.08. The summed E-state index contributed by atoms with van der Waals surface area (Å²) in [5.74, 6) is 0.701. The molecular weight excluding hydrogens is 394 g/mol. The van der Waals surface area contributed by atoms with E-state index >= 15 is 0 Å². The van der Waals surface area contributed by atoms with E-state index in [0.29, 0.717) is 42.7 Å².